The predicted molar refractivity (Wildman–Crippen MR) is 130 cm³/mol. The number of ether oxygens (including phenoxy) is 1. The maximum absolute atomic E-state index is 13.1. The van der Waals surface area contributed by atoms with Crippen molar-refractivity contribution >= 4 is 27.5 Å². The van der Waals surface area contributed by atoms with Crippen molar-refractivity contribution in [1.82, 2.24) is 4.90 Å². The van der Waals surface area contributed by atoms with Gasteiger partial charge in [0.15, 0.2) is 5.84 Å². The lowest BCUT2D eigenvalue weighted by Gasteiger charge is -2.32. The molecule has 0 spiro atoms. The maximum Gasteiger partial charge on any atom is 0.285 e. The second kappa shape index (κ2) is 9.50. The molecule has 7 nitrogen and oxygen atoms in total. The smallest absolute Gasteiger partial charge is 0.285 e. The Morgan fingerprint density at radius 1 is 1.03 bits per heavy atom. The van der Waals surface area contributed by atoms with Crippen molar-refractivity contribution in [1.29, 1.82) is 0 Å². The second-order valence-electron chi connectivity index (χ2n) is 8.58. The maximum atomic E-state index is 13.1. The van der Waals surface area contributed by atoms with Crippen LogP contribution in [0.4, 0.5) is 10.1 Å². The van der Waals surface area contributed by atoms with Crippen LogP contribution < -0.4 is 10.1 Å². The van der Waals surface area contributed by atoms with Gasteiger partial charge in [-0.25, -0.2) is 4.39 Å². The van der Waals surface area contributed by atoms with E-state index in [9.17, 15) is 17.6 Å². The van der Waals surface area contributed by atoms with Crippen molar-refractivity contribution in [2.24, 2.45) is 10.3 Å². The van der Waals surface area contributed by atoms with E-state index in [0.717, 1.165) is 5.56 Å². The van der Waals surface area contributed by atoms with E-state index in [2.05, 4.69) is 9.71 Å². The SMILES string of the molecule is O=C(Nc1cccc(OCc2ccc(F)cc2)c1)C1CCN(C2=NS(=O)(=O)c3ccccc32)CC1. The van der Waals surface area contributed by atoms with E-state index in [1.807, 2.05) is 4.90 Å². The van der Waals surface area contributed by atoms with Gasteiger partial charge in [-0.1, -0.05) is 30.3 Å². The van der Waals surface area contributed by atoms with E-state index in [-0.39, 0.29) is 22.5 Å². The van der Waals surface area contributed by atoms with Crippen LogP contribution in [0.25, 0.3) is 0 Å². The number of fused-ring (bicyclic) bond motifs is 1. The first-order valence-corrected chi connectivity index (χ1v) is 12.8. The topological polar surface area (TPSA) is 88.1 Å². The molecule has 2 aliphatic heterocycles. The molecule has 0 radical (unpaired) electrons. The average Bonchev–Trinajstić information content (AvgIpc) is 3.15. The molecule has 0 bridgehead atoms. The first-order valence-electron chi connectivity index (χ1n) is 11.4. The Morgan fingerprint density at radius 2 is 1.77 bits per heavy atom. The summed E-state index contributed by atoms with van der Waals surface area (Å²) >= 11 is 0. The van der Waals surface area contributed by atoms with Gasteiger partial charge in [0.05, 0.1) is 0 Å². The molecule has 1 saturated heterocycles. The Morgan fingerprint density at radius 3 is 2.54 bits per heavy atom. The van der Waals surface area contributed by atoms with Crippen LogP contribution in [-0.2, 0) is 21.4 Å². The molecule has 1 amide bonds. The number of rotatable bonds is 5. The van der Waals surface area contributed by atoms with Crippen LogP contribution in [0, 0.1) is 11.7 Å². The predicted octanol–water partition coefficient (Wildman–Crippen LogP) is 4.20. The molecule has 5 rings (SSSR count). The van der Waals surface area contributed by atoms with E-state index in [1.165, 1.54) is 12.1 Å². The first-order chi connectivity index (χ1) is 16.9. The lowest BCUT2D eigenvalue weighted by molar-refractivity contribution is -0.120. The molecule has 1 N–H and O–H groups in total. The number of nitrogens with zero attached hydrogens (tertiary/aromatic N) is 2. The molecule has 1 fully saturated rings. The van der Waals surface area contributed by atoms with Crippen molar-refractivity contribution in [3.05, 3.63) is 89.7 Å². The molecule has 3 aromatic rings. The van der Waals surface area contributed by atoms with Gasteiger partial charge >= 0.3 is 0 Å². The number of amides is 1. The molecule has 2 aliphatic rings. The first kappa shape index (κ1) is 23.0. The van der Waals surface area contributed by atoms with Gasteiger partial charge in [0, 0.05) is 36.3 Å². The summed E-state index contributed by atoms with van der Waals surface area (Å²) in [5, 5.41) is 2.96. The van der Waals surface area contributed by atoms with Crippen LogP contribution in [0.15, 0.2) is 82.1 Å². The number of nitrogens with one attached hydrogen (secondary N) is 1. The quantitative estimate of drug-likeness (QED) is 0.576. The Bertz CT molecular complexity index is 1380. The molecular weight excluding hydrogens is 469 g/mol. The minimum absolute atomic E-state index is 0.0817. The van der Waals surface area contributed by atoms with Crippen molar-refractivity contribution in [3.63, 3.8) is 0 Å². The van der Waals surface area contributed by atoms with E-state index < -0.39 is 10.0 Å². The van der Waals surface area contributed by atoms with Gasteiger partial charge in [0.1, 0.15) is 23.1 Å². The largest absolute Gasteiger partial charge is 0.489 e. The van der Waals surface area contributed by atoms with E-state index in [1.54, 1.807) is 60.7 Å². The van der Waals surface area contributed by atoms with Crippen molar-refractivity contribution in [2.75, 3.05) is 18.4 Å². The number of hydrogen-bond acceptors (Lipinski definition) is 5. The van der Waals surface area contributed by atoms with Gasteiger partial charge in [0.2, 0.25) is 5.91 Å². The molecule has 9 heteroatoms. The zero-order valence-corrected chi connectivity index (χ0v) is 19.7. The molecule has 0 atom stereocenters. The number of sulfonamides is 1. The summed E-state index contributed by atoms with van der Waals surface area (Å²) in [4.78, 5) is 15.1. The fourth-order valence-corrected chi connectivity index (χ4v) is 5.55. The molecule has 0 saturated carbocycles. The van der Waals surface area contributed by atoms with Crippen LogP contribution >= 0.6 is 0 Å². The fraction of sp³-hybridized carbons (Fsp3) is 0.231. The lowest BCUT2D eigenvalue weighted by atomic mass is 9.95. The number of amidine groups is 1. The van der Waals surface area contributed by atoms with Gasteiger partial charge < -0.3 is 15.0 Å². The lowest BCUT2D eigenvalue weighted by Crippen LogP contribution is -2.41. The number of anilines is 1. The minimum atomic E-state index is -3.66. The average molecular weight is 494 g/mol. The highest BCUT2D eigenvalue weighted by atomic mass is 32.2. The van der Waals surface area contributed by atoms with Crippen LogP contribution in [0.3, 0.4) is 0 Å². The molecular formula is C26H24FN3O4S. The number of halogens is 1. The summed E-state index contributed by atoms with van der Waals surface area (Å²) in [6, 6.07) is 20.1. The summed E-state index contributed by atoms with van der Waals surface area (Å²) < 4.78 is 47.5. The number of carbonyl (C=O) groups is 1. The zero-order chi connectivity index (χ0) is 24.4. The highest BCUT2D eigenvalue weighted by Crippen LogP contribution is 2.30. The second-order valence-corrected chi connectivity index (χ2v) is 10.2. The summed E-state index contributed by atoms with van der Waals surface area (Å²) in [7, 11) is -3.66. The number of benzene rings is 3. The molecule has 2 heterocycles. The summed E-state index contributed by atoms with van der Waals surface area (Å²) in [5.41, 5.74) is 2.09. The van der Waals surface area contributed by atoms with Crippen LogP contribution in [-0.4, -0.2) is 38.2 Å². The van der Waals surface area contributed by atoms with Crippen molar-refractivity contribution in [3.8, 4) is 5.75 Å². The molecule has 0 unspecified atom stereocenters. The highest BCUT2D eigenvalue weighted by Gasteiger charge is 2.34. The Labute approximate surface area is 203 Å². The summed E-state index contributed by atoms with van der Waals surface area (Å²) in [5.74, 6) is 0.493. The Hall–Kier alpha value is -3.72. The van der Waals surface area contributed by atoms with E-state index >= 15 is 0 Å². The van der Waals surface area contributed by atoms with Crippen LogP contribution in [0.2, 0.25) is 0 Å². The summed E-state index contributed by atoms with van der Waals surface area (Å²) in [6.45, 7) is 1.38. The van der Waals surface area contributed by atoms with Gasteiger partial charge in [0.25, 0.3) is 10.0 Å². The molecule has 0 aliphatic carbocycles. The number of likely N-dealkylation sites (tertiary alicyclic amines) is 1. The normalized spacial score (nSPS) is 16.9. The van der Waals surface area contributed by atoms with E-state index in [0.29, 0.717) is 55.4 Å². The highest BCUT2D eigenvalue weighted by molar-refractivity contribution is 7.90. The van der Waals surface area contributed by atoms with Gasteiger partial charge in [-0.3, -0.25) is 4.79 Å². The van der Waals surface area contributed by atoms with Crippen LogP contribution in [0.5, 0.6) is 5.75 Å². The Balaban J connectivity index is 1.17. The third-order valence-corrected chi connectivity index (χ3v) is 7.52. The van der Waals surface area contributed by atoms with Crippen molar-refractivity contribution < 1.29 is 22.3 Å². The van der Waals surface area contributed by atoms with Crippen LogP contribution in [0.1, 0.15) is 24.0 Å². The number of piperidine rings is 1. The standard InChI is InChI=1S/C26H24FN3O4S/c27-20-10-8-18(9-11-20)17-34-22-5-3-4-21(16-22)28-26(31)19-12-14-30(15-13-19)25-23-6-1-2-7-24(23)35(32,33)29-25/h1-11,16,19H,12-15,17H2,(H,28,31). The van der Waals surface area contributed by atoms with Crippen molar-refractivity contribution in [2.45, 2.75) is 24.3 Å². The van der Waals surface area contributed by atoms with Gasteiger partial charge in [-0.05, 0) is 54.8 Å². The molecule has 35 heavy (non-hydrogen) atoms. The van der Waals surface area contributed by atoms with E-state index in [4.69, 9.17) is 4.74 Å². The molecule has 0 aromatic heterocycles. The molecule has 3 aromatic carbocycles. The third-order valence-electron chi connectivity index (χ3n) is 6.20. The van der Waals surface area contributed by atoms with Gasteiger partial charge in [-0.15, -0.1) is 4.40 Å². The molecule has 180 valence electrons. The number of hydrogen-bond donors (Lipinski definition) is 1. The monoisotopic (exact) mass is 493 g/mol. The fourth-order valence-electron chi connectivity index (χ4n) is 4.33. The zero-order valence-electron chi connectivity index (χ0n) is 18.9. The Kier molecular flexibility index (Phi) is 6.25. The third kappa shape index (κ3) is 5.05. The minimum Gasteiger partial charge on any atom is -0.489 e. The summed E-state index contributed by atoms with van der Waals surface area (Å²) in [6.07, 6.45) is 1.18. The van der Waals surface area contributed by atoms with Gasteiger partial charge in [-0.2, -0.15) is 8.42 Å². The number of carbonyl (C=O) groups excluding carboxylic acids is 1.